The first-order valence-corrected chi connectivity index (χ1v) is 6.40. The van der Waals surface area contributed by atoms with Gasteiger partial charge in [0.1, 0.15) is 6.54 Å². The Morgan fingerprint density at radius 3 is 2.47 bits per heavy atom. The Bertz CT molecular complexity index is 574. The zero-order valence-electron chi connectivity index (χ0n) is 10.4. The van der Waals surface area contributed by atoms with Crippen molar-refractivity contribution in [2.75, 3.05) is 0 Å². The molecular weight excluding hydrogens is 241 g/mol. The number of hydrogen-bond acceptors (Lipinski definition) is 3. The molecule has 19 heavy (non-hydrogen) atoms. The van der Waals surface area contributed by atoms with Gasteiger partial charge in [-0.05, 0) is 0 Å². The molecule has 5 heteroatoms. The zero-order chi connectivity index (χ0) is 13.3. The van der Waals surface area contributed by atoms with Crippen LogP contribution in [0.4, 0.5) is 0 Å². The Labute approximate surface area is 111 Å². The number of benzene rings is 2. The minimum absolute atomic E-state index is 0.369. The quantitative estimate of drug-likeness (QED) is 0.656. The second-order valence-electron chi connectivity index (χ2n) is 4.81. The Morgan fingerprint density at radius 2 is 1.68 bits per heavy atom. The molecule has 0 radical (unpaired) electrons. The van der Waals surface area contributed by atoms with Gasteiger partial charge in [-0.1, -0.05) is 54.6 Å². The van der Waals surface area contributed by atoms with Crippen molar-refractivity contribution in [3.63, 3.8) is 0 Å². The molecule has 0 aliphatic carbocycles. The second kappa shape index (κ2) is 4.79. The molecule has 1 aliphatic heterocycles. The van der Waals surface area contributed by atoms with Gasteiger partial charge in [-0.3, -0.25) is 0 Å². The summed E-state index contributed by atoms with van der Waals surface area (Å²) in [5.74, 6) is 0. The van der Waals surface area contributed by atoms with Gasteiger partial charge < -0.3 is 20.0 Å². The molecule has 1 atom stereocenters. The molecule has 2 aromatic carbocycles. The van der Waals surface area contributed by atoms with Crippen LogP contribution < -0.4 is 10.8 Å². The fraction of sp³-hybridized carbons (Fsp3) is 0.143. The van der Waals surface area contributed by atoms with Crippen molar-refractivity contribution in [3.8, 4) is 0 Å². The predicted molar refractivity (Wildman–Crippen MR) is 72.2 cm³/mol. The van der Waals surface area contributed by atoms with Crippen LogP contribution in [-0.2, 0) is 11.2 Å². The Hall–Kier alpha value is -1.66. The van der Waals surface area contributed by atoms with E-state index in [4.69, 9.17) is 4.65 Å². The SMILES string of the molecule is O[B-]1(O)OC([NH2+]Cc2ccccc2)c2ccccc21. The van der Waals surface area contributed by atoms with Crippen LogP contribution in [0.25, 0.3) is 0 Å². The first-order chi connectivity index (χ1) is 9.17. The van der Waals surface area contributed by atoms with Crippen LogP contribution in [0, 0.1) is 0 Å². The van der Waals surface area contributed by atoms with Crippen molar-refractivity contribution >= 4 is 12.2 Å². The minimum Gasteiger partial charge on any atom is -0.555 e. The van der Waals surface area contributed by atoms with E-state index in [-0.39, 0.29) is 6.23 Å². The maximum atomic E-state index is 9.89. The molecule has 1 heterocycles. The van der Waals surface area contributed by atoms with Crippen LogP contribution in [0.5, 0.6) is 0 Å². The fourth-order valence-electron chi connectivity index (χ4n) is 2.50. The summed E-state index contributed by atoms with van der Waals surface area (Å²) in [5.41, 5.74) is 2.49. The van der Waals surface area contributed by atoms with Crippen LogP contribution in [0.2, 0.25) is 0 Å². The molecular formula is C14H16BNO3. The molecule has 4 N–H and O–H groups in total. The smallest absolute Gasteiger partial charge is 0.409 e. The van der Waals surface area contributed by atoms with Crippen LogP contribution >= 0.6 is 0 Å². The van der Waals surface area contributed by atoms with Gasteiger partial charge in [0.2, 0.25) is 0 Å². The van der Waals surface area contributed by atoms with Gasteiger partial charge >= 0.3 is 6.75 Å². The van der Waals surface area contributed by atoms with E-state index in [0.29, 0.717) is 5.46 Å². The van der Waals surface area contributed by atoms with E-state index in [1.807, 2.05) is 47.8 Å². The van der Waals surface area contributed by atoms with Crippen molar-refractivity contribution < 1.29 is 20.0 Å². The summed E-state index contributed by atoms with van der Waals surface area (Å²) in [7, 11) is 0. The lowest BCUT2D eigenvalue weighted by Crippen LogP contribution is -2.84. The fourth-order valence-corrected chi connectivity index (χ4v) is 2.50. The van der Waals surface area contributed by atoms with E-state index in [0.717, 1.165) is 12.1 Å². The lowest BCUT2D eigenvalue weighted by atomic mass is 9.71. The first-order valence-electron chi connectivity index (χ1n) is 6.40. The highest BCUT2D eigenvalue weighted by Gasteiger charge is 2.39. The van der Waals surface area contributed by atoms with Crippen molar-refractivity contribution in [3.05, 3.63) is 65.7 Å². The van der Waals surface area contributed by atoms with Crippen molar-refractivity contribution in [1.29, 1.82) is 0 Å². The largest absolute Gasteiger partial charge is 0.555 e. The summed E-state index contributed by atoms with van der Waals surface area (Å²) in [6, 6.07) is 17.2. The van der Waals surface area contributed by atoms with Gasteiger partial charge in [-0.25, -0.2) is 0 Å². The number of nitrogens with two attached hydrogens (primary N) is 1. The minimum atomic E-state index is -2.86. The number of rotatable bonds is 3. The molecule has 0 bridgehead atoms. The highest BCUT2D eigenvalue weighted by Crippen LogP contribution is 2.21. The van der Waals surface area contributed by atoms with Crippen LogP contribution in [-0.4, -0.2) is 16.8 Å². The van der Waals surface area contributed by atoms with Crippen LogP contribution in [0.1, 0.15) is 17.4 Å². The molecule has 4 nitrogen and oxygen atoms in total. The van der Waals surface area contributed by atoms with Crippen molar-refractivity contribution in [1.82, 2.24) is 0 Å². The van der Waals surface area contributed by atoms with Gasteiger partial charge in [0, 0.05) is 11.1 Å². The zero-order valence-corrected chi connectivity index (χ0v) is 10.4. The monoisotopic (exact) mass is 257 g/mol. The molecule has 0 saturated heterocycles. The van der Waals surface area contributed by atoms with Crippen LogP contribution in [0.15, 0.2) is 54.6 Å². The third-order valence-corrected chi connectivity index (χ3v) is 3.45. The summed E-state index contributed by atoms with van der Waals surface area (Å²) < 4.78 is 5.36. The Morgan fingerprint density at radius 1 is 1.00 bits per heavy atom. The standard InChI is InChI=1S/C14H15BNO3/c17-15(18)13-9-5-4-8-12(13)14(19-15)16-10-11-6-2-1-3-7-11/h1-9,14,16-18H,10H2/q-1/p+1. The van der Waals surface area contributed by atoms with Gasteiger partial charge in [0.25, 0.3) is 0 Å². The normalized spacial score (nSPS) is 20.2. The Balaban J connectivity index is 1.77. The number of hydrogen-bond donors (Lipinski definition) is 3. The van der Waals surface area contributed by atoms with Gasteiger partial charge in [-0.15, -0.1) is 5.46 Å². The van der Waals surface area contributed by atoms with E-state index in [2.05, 4.69) is 0 Å². The maximum absolute atomic E-state index is 9.89. The van der Waals surface area contributed by atoms with E-state index in [9.17, 15) is 10.0 Å². The average molecular weight is 257 g/mol. The predicted octanol–water partition coefficient (Wildman–Crippen LogP) is -0.391. The molecule has 0 saturated carbocycles. The third kappa shape index (κ3) is 2.41. The van der Waals surface area contributed by atoms with Crippen molar-refractivity contribution in [2.45, 2.75) is 12.8 Å². The molecule has 0 aromatic heterocycles. The van der Waals surface area contributed by atoms with Crippen LogP contribution in [0.3, 0.4) is 0 Å². The topological polar surface area (TPSA) is 66.3 Å². The summed E-state index contributed by atoms with van der Waals surface area (Å²) in [6.45, 7) is -2.14. The van der Waals surface area contributed by atoms with Gasteiger partial charge in [0.15, 0.2) is 6.23 Å². The number of quaternary nitrogens is 1. The molecule has 98 valence electrons. The lowest BCUT2D eigenvalue weighted by molar-refractivity contribution is -0.741. The summed E-state index contributed by atoms with van der Waals surface area (Å²) in [4.78, 5) is 0. The Kier molecular flexibility index (Phi) is 3.12. The highest BCUT2D eigenvalue weighted by atomic mass is 16.7. The second-order valence-corrected chi connectivity index (χ2v) is 4.81. The average Bonchev–Trinajstić information content (AvgIpc) is 2.70. The van der Waals surface area contributed by atoms with Gasteiger partial charge in [0.05, 0.1) is 0 Å². The molecule has 0 fully saturated rings. The molecule has 0 amide bonds. The van der Waals surface area contributed by atoms with E-state index in [1.165, 1.54) is 5.56 Å². The molecule has 1 unspecified atom stereocenters. The summed E-state index contributed by atoms with van der Waals surface area (Å²) in [5, 5.41) is 21.7. The first kappa shape index (κ1) is 12.4. The number of fused-ring (bicyclic) bond motifs is 1. The molecule has 0 spiro atoms. The summed E-state index contributed by atoms with van der Waals surface area (Å²) in [6.07, 6.45) is -0.369. The summed E-state index contributed by atoms with van der Waals surface area (Å²) >= 11 is 0. The molecule has 1 aliphatic rings. The third-order valence-electron chi connectivity index (χ3n) is 3.45. The van der Waals surface area contributed by atoms with E-state index >= 15 is 0 Å². The van der Waals surface area contributed by atoms with E-state index in [1.54, 1.807) is 12.1 Å². The van der Waals surface area contributed by atoms with E-state index < -0.39 is 6.75 Å². The molecule has 3 rings (SSSR count). The maximum Gasteiger partial charge on any atom is 0.409 e. The van der Waals surface area contributed by atoms with Crippen molar-refractivity contribution in [2.24, 2.45) is 0 Å². The highest BCUT2D eigenvalue weighted by molar-refractivity contribution is 6.74. The molecule has 2 aromatic rings. The lowest BCUT2D eigenvalue weighted by Gasteiger charge is -2.23. The van der Waals surface area contributed by atoms with Gasteiger partial charge in [-0.2, -0.15) is 0 Å².